The fourth-order valence-electron chi connectivity index (χ4n) is 2.92. The number of pyridine rings is 1. The number of fused-ring (bicyclic) bond motifs is 1. The zero-order valence-electron chi connectivity index (χ0n) is 14.0. The molecule has 0 aliphatic heterocycles. The first-order chi connectivity index (χ1) is 11.0. The number of hydrogen-bond donors (Lipinski definition) is 1. The van der Waals surface area contributed by atoms with Gasteiger partial charge in [0.1, 0.15) is 11.3 Å². The molecule has 1 aromatic carbocycles. The maximum atomic E-state index is 12.9. The summed E-state index contributed by atoms with van der Waals surface area (Å²) in [7, 11) is 0. The number of carbonyl (C=O) groups is 1. The molecule has 0 bridgehead atoms. The molecule has 23 heavy (non-hydrogen) atoms. The maximum Gasteiger partial charge on any atom is 0.274 e. The van der Waals surface area contributed by atoms with Crippen molar-refractivity contribution in [2.24, 2.45) is 0 Å². The monoisotopic (exact) mass is 307 g/mol. The van der Waals surface area contributed by atoms with Gasteiger partial charge in [0.05, 0.1) is 5.69 Å². The van der Waals surface area contributed by atoms with Crippen molar-refractivity contribution in [1.29, 1.82) is 0 Å². The molecule has 0 fully saturated rings. The van der Waals surface area contributed by atoms with Crippen molar-refractivity contribution in [3.8, 4) is 0 Å². The minimum Gasteiger partial charge on any atom is -0.320 e. The Balaban J connectivity index is 2.05. The highest BCUT2D eigenvalue weighted by molar-refractivity contribution is 6.05. The second kappa shape index (κ2) is 5.88. The molecule has 0 aliphatic rings. The van der Waals surface area contributed by atoms with Gasteiger partial charge in [-0.2, -0.15) is 0 Å². The number of benzene rings is 1. The summed E-state index contributed by atoms with van der Waals surface area (Å²) in [4.78, 5) is 17.4. The second-order valence-corrected chi connectivity index (χ2v) is 5.90. The number of aryl methyl sites for hydroxylation is 4. The number of carbonyl (C=O) groups excluding carboxylic acids is 1. The number of nitrogens with one attached hydrogen (secondary N) is 1. The van der Waals surface area contributed by atoms with Gasteiger partial charge in [0.25, 0.3) is 5.91 Å². The van der Waals surface area contributed by atoms with Gasteiger partial charge in [-0.15, -0.1) is 0 Å². The highest BCUT2D eigenvalue weighted by Crippen LogP contribution is 2.23. The molecule has 0 unspecified atom stereocenters. The number of amides is 1. The topological polar surface area (TPSA) is 46.4 Å². The van der Waals surface area contributed by atoms with E-state index in [1.165, 1.54) is 0 Å². The molecule has 0 saturated heterocycles. The second-order valence-electron chi connectivity index (χ2n) is 5.90. The number of hydrogen-bond acceptors (Lipinski definition) is 2. The van der Waals surface area contributed by atoms with Gasteiger partial charge in [-0.05, 0) is 49.9 Å². The summed E-state index contributed by atoms with van der Waals surface area (Å²) in [5, 5.41) is 3.08. The maximum absolute atomic E-state index is 12.9. The summed E-state index contributed by atoms with van der Waals surface area (Å²) in [6.07, 6.45) is 2.82. The lowest BCUT2D eigenvalue weighted by Crippen LogP contribution is -2.17. The molecule has 3 aromatic rings. The van der Waals surface area contributed by atoms with Crippen LogP contribution in [0.2, 0.25) is 0 Å². The first-order valence-corrected chi connectivity index (χ1v) is 7.86. The van der Waals surface area contributed by atoms with E-state index >= 15 is 0 Å². The van der Waals surface area contributed by atoms with Crippen molar-refractivity contribution in [2.45, 2.75) is 34.1 Å². The number of imidazole rings is 1. The zero-order chi connectivity index (χ0) is 16.6. The molecule has 2 aromatic heterocycles. The van der Waals surface area contributed by atoms with E-state index in [1.54, 1.807) is 0 Å². The Labute approximate surface area is 136 Å². The fourth-order valence-corrected chi connectivity index (χ4v) is 2.92. The van der Waals surface area contributed by atoms with Crippen molar-refractivity contribution in [3.05, 3.63) is 64.6 Å². The molecule has 0 saturated carbocycles. The van der Waals surface area contributed by atoms with Crippen LogP contribution in [-0.4, -0.2) is 15.3 Å². The van der Waals surface area contributed by atoms with E-state index in [0.717, 1.165) is 40.1 Å². The number of rotatable bonds is 3. The van der Waals surface area contributed by atoms with E-state index in [0.29, 0.717) is 5.69 Å². The smallest absolute Gasteiger partial charge is 0.274 e. The number of aromatic nitrogens is 2. The summed E-state index contributed by atoms with van der Waals surface area (Å²) in [6, 6.07) is 10.0. The van der Waals surface area contributed by atoms with Gasteiger partial charge in [0.2, 0.25) is 0 Å². The number of nitrogens with zero attached hydrogens (tertiary/aromatic N) is 2. The third kappa shape index (κ3) is 2.72. The van der Waals surface area contributed by atoms with E-state index in [9.17, 15) is 4.79 Å². The summed E-state index contributed by atoms with van der Waals surface area (Å²) < 4.78 is 1.86. The van der Waals surface area contributed by atoms with Crippen molar-refractivity contribution in [1.82, 2.24) is 9.38 Å². The lowest BCUT2D eigenvalue weighted by molar-refractivity contribution is 0.102. The highest BCUT2D eigenvalue weighted by Gasteiger charge is 2.18. The molecular formula is C19H21N3O. The van der Waals surface area contributed by atoms with Crippen LogP contribution in [0.4, 0.5) is 5.69 Å². The van der Waals surface area contributed by atoms with Crippen molar-refractivity contribution < 1.29 is 4.79 Å². The summed E-state index contributed by atoms with van der Waals surface area (Å²) in [5.74, 6) is -0.121. The van der Waals surface area contributed by atoms with Gasteiger partial charge in [0, 0.05) is 11.9 Å². The first-order valence-electron chi connectivity index (χ1n) is 7.86. The van der Waals surface area contributed by atoms with Gasteiger partial charge < -0.3 is 5.32 Å². The molecule has 0 aliphatic carbocycles. The lowest BCUT2D eigenvalue weighted by Gasteiger charge is -2.13. The van der Waals surface area contributed by atoms with Crippen LogP contribution in [0.1, 0.15) is 39.8 Å². The highest BCUT2D eigenvalue weighted by atomic mass is 16.2. The van der Waals surface area contributed by atoms with Gasteiger partial charge >= 0.3 is 0 Å². The van der Waals surface area contributed by atoms with Crippen LogP contribution in [0.5, 0.6) is 0 Å². The zero-order valence-corrected chi connectivity index (χ0v) is 14.0. The summed E-state index contributed by atoms with van der Waals surface area (Å²) in [5.41, 5.74) is 6.32. The van der Waals surface area contributed by atoms with Crippen molar-refractivity contribution in [2.75, 3.05) is 5.32 Å². The minimum atomic E-state index is -0.121. The molecule has 4 nitrogen and oxygen atoms in total. The van der Waals surface area contributed by atoms with Crippen LogP contribution in [0.3, 0.4) is 0 Å². The molecule has 2 heterocycles. The van der Waals surface area contributed by atoms with Gasteiger partial charge in [0.15, 0.2) is 0 Å². The van der Waals surface area contributed by atoms with Crippen LogP contribution in [0, 0.1) is 20.8 Å². The van der Waals surface area contributed by atoms with Crippen LogP contribution < -0.4 is 5.32 Å². The predicted molar refractivity (Wildman–Crippen MR) is 93.2 cm³/mol. The minimum absolute atomic E-state index is 0.121. The third-order valence-corrected chi connectivity index (χ3v) is 4.13. The number of anilines is 1. The number of para-hydroxylation sites is 1. The average Bonchev–Trinajstić information content (AvgIpc) is 2.84. The van der Waals surface area contributed by atoms with Crippen LogP contribution in [-0.2, 0) is 6.42 Å². The van der Waals surface area contributed by atoms with E-state index in [1.807, 2.05) is 61.7 Å². The molecule has 118 valence electrons. The van der Waals surface area contributed by atoms with E-state index in [-0.39, 0.29) is 5.91 Å². The Bertz CT molecular complexity index is 893. The van der Waals surface area contributed by atoms with E-state index in [2.05, 4.69) is 17.2 Å². The third-order valence-electron chi connectivity index (χ3n) is 4.13. The summed E-state index contributed by atoms with van der Waals surface area (Å²) in [6.45, 7) is 7.98. The Morgan fingerprint density at radius 1 is 1.17 bits per heavy atom. The molecule has 1 N–H and O–H groups in total. The van der Waals surface area contributed by atoms with Crippen molar-refractivity contribution >= 4 is 17.2 Å². The molecule has 1 amide bonds. The van der Waals surface area contributed by atoms with Crippen molar-refractivity contribution in [3.63, 3.8) is 0 Å². The molecule has 4 heteroatoms. The molecule has 0 spiro atoms. The predicted octanol–water partition coefficient (Wildman–Crippen LogP) is 4.07. The standard InChI is InChI=1S/C19H21N3O/c1-5-15-8-6-7-13(3)17(15)21-19(23)18-14(4)20-16-10-9-12(2)11-22(16)18/h6-11H,5H2,1-4H3,(H,21,23). The molecular weight excluding hydrogens is 286 g/mol. The summed E-state index contributed by atoms with van der Waals surface area (Å²) >= 11 is 0. The largest absolute Gasteiger partial charge is 0.320 e. The Hall–Kier alpha value is -2.62. The fraction of sp³-hybridized carbons (Fsp3) is 0.263. The SMILES string of the molecule is CCc1cccc(C)c1NC(=O)c1c(C)nc2ccc(C)cn12. The molecule has 3 rings (SSSR count). The van der Waals surface area contributed by atoms with E-state index in [4.69, 9.17) is 0 Å². The first kappa shape index (κ1) is 15.3. The Morgan fingerprint density at radius 3 is 2.70 bits per heavy atom. The van der Waals surface area contributed by atoms with Crippen LogP contribution in [0.15, 0.2) is 36.5 Å². The average molecular weight is 307 g/mol. The van der Waals surface area contributed by atoms with Crippen LogP contribution in [0.25, 0.3) is 5.65 Å². The van der Waals surface area contributed by atoms with Gasteiger partial charge in [-0.25, -0.2) is 4.98 Å². The Kier molecular flexibility index (Phi) is 3.90. The van der Waals surface area contributed by atoms with Gasteiger partial charge in [-0.3, -0.25) is 9.20 Å². The lowest BCUT2D eigenvalue weighted by atomic mass is 10.1. The van der Waals surface area contributed by atoms with E-state index < -0.39 is 0 Å². The van der Waals surface area contributed by atoms with Crippen LogP contribution >= 0.6 is 0 Å². The normalized spacial score (nSPS) is 11.0. The molecule has 0 atom stereocenters. The van der Waals surface area contributed by atoms with Gasteiger partial charge in [-0.1, -0.05) is 31.2 Å². The quantitative estimate of drug-likeness (QED) is 0.792. The molecule has 0 radical (unpaired) electrons. The Morgan fingerprint density at radius 2 is 1.96 bits per heavy atom.